The fourth-order valence-corrected chi connectivity index (χ4v) is 2.53. The lowest BCUT2D eigenvalue weighted by Gasteiger charge is -2.10. The molecular formula is C7H7Br2FNO2S-. The number of hydrogen-bond donors (Lipinski definition) is 1. The molecule has 1 rings (SSSR count). The summed E-state index contributed by atoms with van der Waals surface area (Å²) in [6.07, 6.45) is 0. The van der Waals surface area contributed by atoms with Crippen molar-refractivity contribution < 1.29 is 13.2 Å². The quantitative estimate of drug-likeness (QED) is 0.660. The highest BCUT2D eigenvalue weighted by Gasteiger charge is 2.07. The first kappa shape index (κ1) is 14.2. The van der Waals surface area contributed by atoms with Crippen LogP contribution in [0.2, 0.25) is 0 Å². The molecule has 0 aliphatic carbocycles. The Balaban J connectivity index is 0.00000169. The number of rotatable bonds is 2. The van der Waals surface area contributed by atoms with Crippen molar-refractivity contribution in [2.45, 2.75) is 10.2 Å². The Labute approximate surface area is 100 Å². The zero-order valence-electron chi connectivity index (χ0n) is 6.93. The summed E-state index contributed by atoms with van der Waals surface area (Å²) in [6.45, 7) is 0. The average molecular weight is 348 g/mol. The van der Waals surface area contributed by atoms with E-state index in [1.54, 1.807) is 0 Å². The maximum atomic E-state index is 12.9. The molecule has 0 aliphatic rings. The molecule has 3 N–H and O–H groups in total. The summed E-state index contributed by atoms with van der Waals surface area (Å²) in [6, 6.07) is 2.43. The topological polar surface area (TPSA) is 75.1 Å². The Kier molecular flexibility index (Phi) is 5.99. The molecule has 0 aliphatic heterocycles. The van der Waals surface area contributed by atoms with E-state index >= 15 is 0 Å². The first-order chi connectivity index (χ1) is 6.06. The first-order valence-electron chi connectivity index (χ1n) is 3.19. The molecule has 0 fully saturated rings. The van der Waals surface area contributed by atoms with Crippen LogP contribution in [0, 0.1) is 5.82 Å². The van der Waals surface area contributed by atoms with Crippen molar-refractivity contribution in [2.24, 2.45) is 0 Å². The summed E-state index contributed by atoms with van der Waals surface area (Å²) in [5.74, 6) is -0.469. The molecule has 1 aromatic carbocycles. The van der Waals surface area contributed by atoms with Gasteiger partial charge < -0.3 is 10.7 Å². The van der Waals surface area contributed by atoms with E-state index in [0.717, 1.165) is 0 Å². The lowest BCUT2D eigenvalue weighted by atomic mass is 10.2. The van der Waals surface area contributed by atoms with Crippen molar-refractivity contribution in [3.05, 3.63) is 28.0 Å². The van der Waals surface area contributed by atoms with E-state index < -0.39 is 16.9 Å². The number of alkyl halides is 1. The molecule has 0 radical (unpaired) electrons. The maximum absolute atomic E-state index is 12.9. The van der Waals surface area contributed by atoms with Gasteiger partial charge in [0.1, 0.15) is 5.82 Å². The highest BCUT2D eigenvalue weighted by Crippen LogP contribution is 2.24. The highest BCUT2D eigenvalue weighted by molar-refractivity contribution is 9.10. The first-order valence-corrected chi connectivity index (χ1v) is 6.18. The lowest BCUT2D eigenvalue weighted by molar-refractivity contribution is 0.535. The maximum Gasteiger partial charge on any atom is 0.137 e. The monoisotopic (exact) mass is 346 g/mol. The Bertz CT molecular complexity index is 362. The Morgan fingerprint density at radius 3 is 2.50 bits per heavy atom. The van der Waals surface area contributed by atoms with Crippen molar-refractivity contribution in [2.75, 3.05) is 0 Å². The highest BCUT2D eigenvalue weighted by atomic mass is 79.9. The second-order valence-electron chi connectivity index (χ2n) is 2.24. The molecule has 0 amide bonds. The van der Waals surface area contributed by atoms with Gasteiger partial charge in [0.15, 0.2) is 0 Å². The van der Waals surface area contributed by atoms with Gasteiger partial charge in [0.2, 0.25) is 0 Å². The summed E-state index contributed by atoms with van der Waals surface area (Å²) in [5.41, 5.74) is 0.411. The van der Waals surface area contributed by atoms with Crippen molar-refractivity contribution in [3.8, 4) is 0 Å². The molecule has 1 aromatic rings. The van der Waals surface area contributed by atoms with Gasteiger partial charge in [-0.15, -0.1) is 0 Å². The van der Waals surface area contributed by atoms with E-state index in [1.807, 2.05) is 0 Å². The summed E-state index contributed by atoms with van der Waals surface area (Å²) >= 11 is 3.66. The van der Waals surface area contributed by atoms with Crippen LogP contribution in [0.4, 0.5) is 4.39 Å². The summed E-state index contributed by atoms with van der Waals surface area (Å²) in [4.78, 5) is 0.102. The molecule has 80 valence electrons. The molecule has 0 aromatic heterocycles. The van der Waals surface area contributed by atoms with Crippen molar-refractivity contribution >= 4 is 42.9 Å². The summed E-state index contributed by atoms with van der Waals surface area (Å²) in [5, 5.41) is 0.306. The predicted molar refractivity (Wildman–Crippen MR) is 58.9 cm³/mol. The molecule has 1 unspecified atom stereocenters. The summed E-state index contributed by atoms with van der Waals surface area (Å²) < 4.78 is 34.5. The fraction of sp³-hybridized carbons (Fsp3) is 0.143. The minimum absolute atomic E-state index is 0. The Hall–Kier alpha value is 0.180. The fourth-order valence-electron chi connectivity index (χ4n) is 0.829. The van der Waals surface area contributed by atoms with Gasteiger partial charge in [-0.05, 0) is 44.7 Å². The van der Waals surface area contributed by atoms with Crippen LogP contribution in [0.15, 0.2) is 21.5 Å². The van der Waals surface area contributed by atoms with Gasteiger partial charge in [-0.3, -0.25) is 4.21 Å². The van der Waals surface area contributed by atoms with Crippen molar-refractivity contribution in [1.82, 2.24) is 6.15 Å². The average Bonchev–Trinajstić information content (AvgIpc) is 2.08. The second kappa shape index (κ2) is 5.92. The Morgan fingerprint density at radius 1 is 1.50 bits per heavy atom. The Morgan fingerprint density at radius 2 is 2.07 bits per heavy atom. The minimum atomic E-state index is -2.34. The van der Waals surface area contributed by atoms with E-state index in [1.165, 1.54) is 12.1 Å². The van der Waals surface area contributed by atoms with Crippen LogP contribution in [-0.2, 0) is 16.4 Å². The van der Waals surface area contributed by atoms with Gasteiger partial charge in [-0.2, -0.15) is 0 Å². The van der Waals surface area contributed by atoms with Gasteiger partial charge in [0.05, 0.1) is 4.47 Å². The molecule has 0 heterocycles. The lowest BCUT2D eigenvalue weighted by Crippen LogP contribution is -1.96. The molecule has 3 nitrogen and oxygen atoms in total. The van der Waals surface area contributed by atoms with Gasteiger partial charge in [-0.25, -0.2) is 4.39 Å². The molecular weight excluding hydrogens is 341 g/mol. The molecule has 1 atom stereocenters. The van der Waals surface area contributed by atoms with E-state index in [0.29, 0.717) is 10.9 Å². The second-order valence-corrected chi connectivity index (χ2v) is 4.57. The van der Waals surface area contributed by atoms with E-state index in [-0.39, 0.29) is 15.5 Å². The standard InChI is InChI=1S/C7H5Br2FO2S.H3N/c8-3-4-1-6(10)5(9)2-7(4)13(11)12;/h1-2H,3H2,(H,11,12);1H3/p-1. The summed E-state index contributed by atoms with van der Waals surface area (Å²) in [7, 11) is 0. The third-order valence-corrected chi connectivity index (χ3v) is 3.38. The van der Waals surface area contributed by atoms with E-state index in [2.05, 4.69) is 31.9 Å². The smallest absolute Gasteiger partial charge is 0.137 e. The normalized spacial score (nSPS) is 12.0. The third-order valence-electron chi connectivity index (χ3n) is 1.43. The van der Waals surface area contributed by atoms with Crippen LogP contribution in [0.5, 0.6) is 0 Å². The molecule has 7 heteroatoms. The SMILES string of the molecule is N.O=S([O-])c1cc(Br)c(F)cc1CBr. The predicted octanol–water partition coefficient (Wildman–Crippen LogP) is 2.88. The van der Waals surface area contributed by atoms with Gasteiger partial charge in [0.25, 0.3) is 0 Å². The van der Waals surface area contributed by atoms with E-state index in [9.17, 15) is 13.2 Å². The van der Waals surface area contributed by atoms with E-state index in [4.69, 9.17) is 0 Å². The van der Waals surface area contributed by atoms with Crippen LogP contribution in [-0.4, -0.2) is 8.76 Å². The zero-order valence-corrected chi connectivity index (χ0v) is 10.9. The van der Waals surface area contributed by atoms with Crippen molar-refractivity contribution in [3.63, 3.8) is 0 Å². The van der Waals surface area contributed by atoms with Crippen LogP contribution in [0.3, 0.4) is 0 Å². The molecule has 0 saturated carbocycles. The molecule has 14 heavy (non-hydrogen) atoms. The molecule has 0 bridgehead atoms. The zero-order chi connectivity index (χ0) is 10.0. The van der Waals surface area contributed by atoms with Crippen molar-refractivity contribution in [1.29, 1.82) is 0 Å². The van der Waals surface area contributed by atoms with Crippen LogP contribution >= 0.6 is 31.9 Å². The van der Waals surface area contributed by atoms with Gasteiger partial charge >= 0.3 is 0 Å². The number of benzene rings is 1. The minimum Gasteiger partial charge on any atom is -0.768 e. The number of hydrogen-bond acceptors (Lipinski definition) is 3. The van der Waals surface area contributed by atoms with Crippen LogP contribution in [0.1, 0.15) is 5.56 Å². The molecule has 0 spiro atoms. The van der Waals surface area contributed by atoms with Gasteiger partial charge in [0, 0.05) is 10.2 Å². The molecule has 0 saturated heterocycles. The number of halogens is 3. The van der Waals surface area contributed by atoms with Crippen LogP contribution < -0.4 is 6.15 Å². The third kappa shape index (κ3) is 3.09. The van der Waals surface area contributed by atoms with Gasteiger partial charge in [-0.1, -0.05) is 15.9 Å². The van der Waals surface area contributed by atoms with Crippen LogP contribution in [0.25, 0.3) is 0 Å². The largest absolute Gasteiger partial charge is 0.768 e.